The van der Waals surface area contributed by atoms with Gasteiger partial charge in [0.25, 0.3) is 0 Å². The van der Waals surface area contributed by atoms with E-state index < -0.39 is 17.2 Å². The molecule has 2 rings (SSSR count). The van der Waals surface area contributed by atoms with E-state index in [1.807, 2.05) is 0 Å². The second kappa shape index (κ2) is 3.49. The Morgan fingerprint density at radius 3 is 2.47 bits per heavy atom. The maximum absolute atomic E-state index is 13.3. The first-order valence-electron chi connectivity index (χ1n) is 4.50. The molecule has 0 saturated heterocycles. The van der Waals surface area contributed by atoms with E-state index in [-0.39, 0.29) is 12.0 Å². The standard InChI is InChI=1S/C10H9F2N3/c1-10(6-13-15-14-10)5-7-8(11)3-2-4-9(7)12/h2-4,6H,5H2,1H3. The van der Waals surface area contributed by atoms with Gasteiger partial charge in [-0.3, -0.25) is 0 Å². The second-order valence-electron chi connectivity index (χ2n) is 3.67. The maximum Gasteiger partial charge on any atom is 0.129 e. The highest BCUT2D eigenvalue weighted by Crippen LogP contribution is 2.23. The van der Waals surface area contributed by atoms with Crippen molar-refractivity contribution in [1.29, 1.82) is 0 Å². The number of hydrogen-bond donors (Lipinski definition) is 0. The van der Waals surface area contributed by atoms with E-state index in [9.17, 15) is 8.78 Å². The summed E-state index contributed by atoms with van der Waals surface area (Å²) in [5.41, 5.74) is -0.712. The summed E-state index contributed by atoms with van der Waals surface area (Å²) < 4.78 is 26.6. The predicted octanol–water partition coefficient (Wildman–Crippen LogP) is 2.72. The average Bonchev–Trinajstić information content (AvgIpc) is 2.60. The Morgan fingerprint density at radius 2 is 1.93 bits per heavy atom. The number of halogens is 2. The van der Waals surface area contributed by atoms with Gasteiger partial charge in [0.1, 0.15) is 17.2 Å². The lowest BCUT2D eigenvalue weighted by molar-refractivity contribution is 0.521. The van der Waals surface area contributed by atoms with E-state index in [1.54, 1.807) is 6.92 Å². The normalized spacial score (nSPS) is 23.7. The maximum atomic E-state index is 13.3. The summed E-state index contributed by atoms with van der Waals surface area (Å²) in [4.78, 5) is 0. The minimum Gasteiger partial charge on any atom is -0.207 e. The fraction of sp³-hybridized carbons (Fsp3) is 0.300. The zero-order valence-corrected chi connectivity index (χ0v) is 8.11. The smallest absolute Gasteiger partial charge is 0.129 e. The molecule has 0 N–H and O–H groups in total. The molecule has 1 unspecified atom stereocenters. The lowest BCUT2D eigenvalue weighted by Gasteiger charge is -2.15. The minimum atomic E-state index is -0.733. The summed E-state index contributed by atoms with van der Waals surface area (Å²) in [7, 11) is 0. The third-order valence-corrected chi connectivity index (χ3v) is 2.26. The van der Waals surface area contributed by atoms with Crippen LogP contribution in [0.15, 0.2) is 33.6 Å². The van der Waals surface area contributed by atoms with Gasteiger partial charge in [0.05, 0.1) is 6.21 Å². The molecule has 0 radical (unpaired) electrons. The fourth-order valence-corrected chi connectivity index (χ4v) is 1.44. The Labute approximate surface area is 85.5 Å². The fourth-order valence-electron chi connectivity index (χ4n) is 1.44. The summed E-state index contributed by atoms with van der Waals surface area (Å²) in [5, 5.41) is 10.8. The predicted molar refractivity (Wildman–Crippen MR) is 51.8 cm³/mol. The van der Waals surface area contributed by atoms with E-state index in [0.717, 1.165) is 0 Å². The van der Waals surface area contributed by atoms with Crippen LogP contribution in [0.3, 0.4) is 0 Å². The highest BCUT2D eigenvalue weighted by molar-refractivity contribution is 5.71. The van der Waals surface area contributed by atoms with E-state index in [4.69, 9.17) is 0 Å². The van der Waals surface area contributed by atoms with Crippen molar-refractivity contribution in [3.8, 4) is 0 Å². The van der Waals surface area contributed by atoms with Crippen molar-refractivity contribution in [3.05, 3.63) is 35.4 Å². The summed E-state index contributed by atoms with van der Waals surface area (Å²) in [5.74, 6) is -1.13. The van der Waals surface area contributed by atoms with Crippen LogP contribution in [-0.2, 0) is 6.42 Å². The van der Waals surface area contributed by atoms with E-state index in [0.29, 0.717) is 0 Å². The van der Waals surface area contributed by atoms with Crippen LogP contribution in [-0.4, -0.2) is 11.8 Å². The molecular formula is C10H9F2N3. The van der Waals surface area contributed by atoms with Gasteiger partial charge in [-0.25, -0.2) is 8.78 Å². The average molecular weight is 209 g/mol. The zero-order chi connectivity index (χ0) is 10.9. The molecule has 0 aliphatic carbocycles. The molecule has 0 amide bonds. The van der Waals surface area contributed by atoms with Crippen LogP contribution in [0.2, 0.25) is 0 Å². The molecule has 3 nitrogen and oxygen atoms in total. The lowest BCUT2D eigenvalue weighted by Crippen LogP contribution is -2.25. The summed E-state index contributed by atoms with van der Waals surface area (Å²) in [6, 6.07) is 3.79. The monoisotopic (exact) mass is 209 g/mol. The first kappa shape index (κ1) is 9.89. The third kappa shape index (κ3) is 1.91. The molecule has 78 valence electrons. The van der Waals surface area contributed by atoms with Crippen molar-refractivity contribution in [2.75, 3.05) is 0 Å². The Hall–Kier alpha value is -1.65. The van der Waals surface area contributed by atoms with Crippen molar-refractivity contribution in [2.24, 2.45) is 15.4 Å². The van der Waals surface area contributed by atoms with Crippen LogP contribution in [0, 0.1) is 11.6 Å². The van der Waals surface area contributed by atoms with E-state index >= 15 is 0 Å². The number of nitrogens with zero attached hydrogens (tertiary/aromatic N) is 3. The second-order valence-corrected chi connectivity index (χ2v) is 3.67. The van der Waals surface area contributed by atoms with Crippen LogP contribution in [0.25, 0.3) is 0 Å². The summed E-state index contributed by atoms with van der Waals surface area (Å²) in [6.45, 7) is 1.72. The van der Waals surface area contributed by atoms with Gasteiger partial charge in [-0.2, -0.15) is 5.11 Å². The zero-order valence-electron chi connectivity index (χ0n) is 8.11. The van der Waals surface area contributed by atoms with Crippen LogP contribution >= 0.6 is 0 Å². The molecule has 0 spiro atoms. The molecule has 1 aliphatic heterocycles. The van der Waals surface area contributed by atoms with Crippen molar-refractivity contribution < 1.29 is 8.78 Å². The van der Waals surface area contributed by atoms with Gasteiger partial charge in [0.15, 0.2) is 0 Å². The largest absolute Gasteiger partial charge is 0.207 e. The van der Waals surface area contributed by atoms with Crippen molar-refractivity contribution in [1.82, 2.24) is 0 Å². The topological polar surface area (TPSA) is 37.1 Å². The summed E-state index contributed by atoms with van der Waals surface area (Å²) in [6.07, 6.45) is 1.61. The molecule has 1 heterocycles. The molecule has 1 atom stereocenters. The molecule has 1 aromatic rings. The van der Waals surface area contributed by atoms with Crippen LogP contribution in [0.5, 0.6) is 0 Å². The van der Waals surface area contributed by atoms with Crippen LogP contribution in [0.4, 0.5) is 8.78 Å². The molecule has 5 heteroatoms. The van der Waals surface area contributed by atoms with Gasteiger partial charge in [0, 0.05) is 12.0 Å². The van der Waals surface area contributed by atoms with Crippen molar-refractivity contribution in [3.63, 3.8) is 0 Å². The van der Waals surface area contributed by atoms with Gasteiger partial charge < -0.3 is 0 Å². The number of benzene rings is 1. The Morgan fingerprint density at radius 1 is 1.27 bits per heavy atom. The highest BCUT2D eigenvalue weighted by atomic mass is 19.1. The number of hydrogen-bond acceptors (Lipinski definition) is 3. The molecule has 1 aliphatic rings. The molecular weight excluding hydrogens is 200 g/mol. The number of rotatable bonds is 2. The highest BCUT2D eigenvalue weighted by Gasteiger charge is 2.28. The molecule has 0 fully saturated rings. The van der Waals surface area contributed by atoms with Gasteiger partial charge in [-0.15, -0.1) is 5.10 Å². The Bertz CT molecular complexity index is 408. The van der Waals surface area contributed by atoms with Crippen LogP contribution < -0.4 is 0 Å². The summed E-state index contributed by atoms with van der Waals surface area (Å²) >= 11 is 0. The van der Waals surface area contributed by atoms with E-state index in [2.05, 4.69) is 15.4 Å². The first-order chi connectivity index (χ1) is 7.11. The Balaban J connectivity index is 2.32. The molecule has 0 aromatic heterocycles. The minimum absolute atomic E-state index is 0.0206. The van der Waals surface area contributed by atoms with Crippen molar-refractivity contribution in [2.45, 2.75) is 18.9 Å². The van der Waals surface area contributed by atoms with E-state index in [1.165, 1.54) is 24.4 Å². The van der Waals surface area contributed by atoms with Gasteiger partial charge >= 0.3 is 0 Å². The van der Waals surface area contributed by atoms with Gasteiger partial charge in [-0.1, -0.05) is 6.07 Å². The third-order valence-electron chi connectivity index (χ3n) is 2.26. The van der Waals surface area contributed by atoms with Gasteiger partial charge in [0.2, 0.25) is 0 Å². The molecule has 0 bridgehead atoms. The van der Waals surface area contributed by atoms with Gasteiger partial charge in [-0.05, 0) is 24.3 Å². The van der Waals surface area contributed by atoms with Crippen LogP contribution in [0.1, 0.15) is 12.5 Å². The SMILES string of the molecule is CC1(Cc2c(F)cccc2F)C=NN=N1. The molecule has 0 saturated carbocycles. The first-order valence-corrected chi connectivity index (χ1v) is 4.50. The molecule has 15 heavy (non-hydrogen) atoms. The quantitative estimate of drug-likeness (QED) is 0.718. The molecule has 1 aromatic carbocycles. The Kier molecular flexibility index (Phi) is 2.30. The lowest BCUT2D eigenvalue weighted by atomic mass is 9.94. The van der Waals surface area contributed by atoms with Crippen molar-refractivity contribution >= 4 is 6.21 Å².